The number of fused-ring (bicyclic) bond motifs is 1. The van der Waals surface area contributed by atoms with E-state index in [-0.39, 0.29) is 17.7 Å². The Morgan fingerprint density at radius 2 is 1.87 bits per heavy atom. The number of rotatable bonds is 4. The van der Waals surface area contributed by atoms with Crippen LogP contribution >= 0.6 is 11.3 Å². The van der Waals surface area contributed by atoms with Crippen LogP contribution in [0.1, 0.15) is 66.8 Å². The molecular formula is C17H23N3O2S. The number of anilines is 1. The van der Waals surface area contributed by atoms with Crippen LogP contribution in [0.5, 0.6) is 0 Å². The Labute approximate surface area is 140 Å². The molecule has 0 bridgehead atoms. The molecule has 0 radical (unpaired) electrons. The van der Waals surface area contributed by atoms with Gasteiger partial charge in [0.2, 0.25) is 5.91 Å². The van der Waals surface area contributed by atoms with Gasteiger partial charge in [-0.05, 0) is 57.9 Å². The SMILES string of the molecule is CC(C)=NNC(=O)c1c(NC(=O)C2CC2)sc2c1CCCCC2. The summed E-state index contributed by atoms with van der Waals surface area (Å²) < 4.78 is 0. The van der Waals surface area contributed by atoms with Crippen molar-refractivity contribution in [1.82, 2.24) is 5.43 Å². The molecule has 1 saturated carbocycles. The second-order valence-electron chi connectivity index (χ2n) is 6.53. The van der Waals surface area contributed by atoms with Gasteiger partial charge >= 0.3 is 0 Å². The van der Waals surface area contributed by atoms with Crippen molar-refractivity contribution in [1.29, 1.82) is 0 Å². The molecule has 124 valence electrons. The van der Waals surface area contributed by atoms with Crippen molar-refractivity contribution < 1.29 is 9.59 Å². The van der Waals surface area contributed by atoms with Gasteiger partial charge in [-0.1, -0.05) is 6.42 Å². The van der Waals surface area contributed by atoms with Crippen molar-refractivity contribution in [3.63, 3.8) is 0 Å². The number of nitrogens with zero attached hydrogens (tertiary/aromatic N) is 1. The maximum absolute atomic E-state index is 12.6. The molecular weight excluding hydrogens is 310 g/mol. The molecule has 5 nitrogen and oxygen atoms in total. The predicted octanol–water partition coefficient (Wildman–Crippen LogP) is 3.49. The van der Waals surface area contributed by atoms with Gasteiger partial charge in [0.05, 0.1) is 5.56 Å². The standard InChI is InChI=1S/C17H23N3O2S/c1-10(2)19-20-16(22)14-12-6-4-3-5-7-13(12)23-17(14)18-15(21)11-8-9-11/h11H,3-9H2,1-2H3,(H,18,21)(H,20,22). The normalized spacial score (nSPS) is 17.0. The third kappa shape index (κ3) is 3.80. The van der Waals surface area contributed by atoms with Crippen LogP contribution in [0, 0.1) is 5.92 Å². The van der Waals surface area contributed by atoms with E-state index in [1.54, 1.807) is 11.3 Å². The van der Waals surface area contributed by atoms with Crippen LogP contribution < -0.4 is 10.7 Å². The van der Waals surface area contributed by atoms with Crippen molar-refractivity contribution in [2.24, 2.45) is 11.0 Å². The van der Waals surface area contributed by atoms with Crippen LogP contribution in [0.25, 0.3) is 0 Å². The number of thiophene rings is 1. The average Bonchev–Trinajstić information content (AvgIpc) is 3.31. The second-order valence-corrected chi connectivity index (χ2v) is 7.64. The zero-order chi connectivity index (χ0) is 16.4. The van der Waals surface area contributed by atoms with Crippen molar-refractivity contribution in [2.45, 2.75) is 58.8 Å². The third-order valence-electron chi connectivity index (χ3n) is 4.21. The van der Waals surface area contributed by atoms with E-state index in [0.717, 1.165) is 49.8 Å². The fourth-order valence-electron chi connectivity index (χ4n) is 2.85. The van der Waals surface area contributed by atoms with E-state index < -0.39 is 0 Å². The van der Waals surface area contributed by atoms with E-state index in [9.17, 15) is 9.59 Å². The average molecular weight is 333 g/mol. The number of nitrogens with one attached hydrogen (secondary N) is 2. The van der Waals surface area contributed by atoms with Gasteiger partial charge in [-0.3, -0.25) is 9.59 Å². The van der Waals surface area contributed by atoms with Crippen LogP contribution in [-0.2, 0) is 17.6 Å². The van der Waals surface area contributed by atoms with Crippen LogP contribution in [0.3, 0.4) is 0 Å². The first-order chi connectivity index (χ1) is 11.1. The number of hydrazone groups is 1. The van der Waals surface area contributed by atoms with E-state index in [2.05, 4.69) is 15.8 Å². The molecule has 0 saturated heterocycles. The molecule has 6 heteroatoms. The minimum atomic E-state index is -0.211. The minimum Gasteiger partial charge on any atom is -0.317 e. The lowest BCUT2D eigenvalue weighted by atomic mass is 10.1. The third-order valence-corrected chi connectivity index (χ3v) is 5.42. The Balaban J connectivity index is 1.91. The molecule has 1 aromatic rings. The zero-order valence-electron chi connectivity index (χ0n) is 13.7. The first-order valence-electron chi connectivity index (χ1n) is 8.33. The van der Waals surface area contributed by atoms with Gasteiger partial charge in [0, 0.05) is 16.5 Å². The highest BCUT2D eigenvalue weighted by Crippen LogP contribution is 2.39. The maximum Gasteiger partial charge on any atom is 0.274 e. The molecule has 0 atom stereocenters. The molecule has 2 amide bonds. The van der Waals surface area contributed by atoms with Gasteiger partial charge in [0.1, 0.15) is 5.00 Å². The van der Waals surface area contributed by atoms with Crippen LogP contribution in [0.15, 0.2) is 5.10 Å². The quantitative estimate of drug-likeness (QED) is 0.503. The molecule has 0 aromatic carbocycles. The molecule has 0 unspecified atom stereocenters. The number of hydrogen-bond donors (Lipinski definition) is 2. The lowest BCUT2D eigenvalue weighted by Crippen LogP contribution is -2.22. The highest BCUT2D eigenvalue weighted by molar-refractivity contribution is 7.17. The Hall–Kier alpha value is -1.69. The Kier molecular flexibility index (Phi) is 4.80. The van der Waals surface area contributed by atoms with Crippen molar-refractivity contribution in [2.75, 3.05) is 5.32 Å². The Bertz CT molecular complexity index is 655. The van der Waals surface area contributed by atoms with Gasteiger partial charge in [-0.2, -0.15) is 5.10 Å². The zero-order valence-corrected chi connectivity index (χ0v) is 14.5. The van der Waals surface area contributed by atoms with E-state index in [1.807, 2.05) is 13.8 Å². The number of aryl methyl sites for hydroxylation is 1. The minimum absolute atomic E-state index is 0.0469. The molecule has 2 aliphatic carbocycles. The molecule has 2 N–H and O–H groups in total. The van der Waals surface area contributed by atoms with Crippen molar-refractivity contribution in [3.8, 4) is 0 Å². The first kappa shape index (κ1) is 16.2. The summed E-state index contributed by atoms with van der Waals surface area (Å²) in [6.07, 6.45) is 7.25. The predicted molar refractivity (Wildman–Crippen MR) is 93.2 cm³/mol. The summed E-state index contributed by atoms with van der Waals surface area (Å²) in [6, 6.07) is 0. The smallest absolute Gasteiger partial charge is 0.274 e. The molecule has 2 aliphatic rings. The monoisotopic (exact) mass is 333 g/mol. The summed E-state index contributed by atoms with van der Waals surface area (Å²) in [7, 11) is 0. The number of carbonyl (C=O) groups is 2. The summed E-state index contributed by atoms with van der Waals surface area (Å²) in [4.78, 5) is 26.0. The van der Waals surface area contributed by atoms with Gasteiger partial charge in [0.25, 0.3) is 5.91 Å². The molecule has 1 aromatic heterocycles. The number of hydrogen-bond acceptors (Lipinski definition) is 4. The van der Waals surface area contributed by atoms with Gasteiger partial charge in [-0.25, -0.2) is 5.43 Å². The second kappa shape index (κ2) is 6.83. The van der Waals surface area contributed by atoms with Crippen LogP contribution in [-0.4, -0.2) is 17.5 Å². The molecule has 1 heterocycles. The summed E-state index contributed by atoms with van der Waals surface area (Å²) in [5.41, 5.74) is 5.15. The Morgan fingerprint density at radius 3 is 2.57 bits per heavy atom. The Morgan fingerprint density at radius 1 is 1.13 bits per heavy atom. The van der Waals surface area contributed by atoms with E-state index in [4.69, 9.17) is 0 Å². The van der Waals surface area contributed by atoms with Gasteiger partial charge in [-0.15, -0.1) is 11.3 Å². The summed E-state index contributed by atoms with van der Waals surface area (Å²) >= 11 is 1.57. The summed E-state index contributed by atoms with van der Waals surface area (Å²) in [5, 5.41) is 7.72. The fraction of sp³-hybridized carbons (Fsp3) is 0.588. The topological polar surface area (TPSA) is 70.6 Å². The van der Waals surface area contributed by atoms with E-state index in [0.29, 0.717) is 10.6 Å². The highest BCUT2D eigenvalue weighted by atomic mass is 32.1. The lowest BCUT2D eigenvalue weighted by Gasteiger charge is -2.08. The molecule has 23 heavy (non-hydrogen) atoms. The summed E-state index contributed by atoms with van der Waals surface area (Å²) in [5.74, 6) is -0.0361. The number of carbonyl (C=O) groups excluding carboxylic acids is 2. The highest BCUT2D eigenvalue weighted by Gasteiger charge is 2.32. The van der Waals surface area contributed by atoms with Crippen molar-refractivity contribution in [3.05, 3.63) is 16.0 Å². The number of amides is 2. The fourth-order valence-corrected chi connectivity index (χ4v) is 4.14. The van der Waals surface area contributed by atoms with E-state index >= 15 is 0 Å². The molecule has 0 aliphatic heterocycles. The van der Waals surface area contributed by atoms with Crippen LogP contribution in [0.2, 0.25) is 0 Å². The largest absolute Gasteiger partial charge is 0.317 e. The summed E-state index contributed by atoms with van der Waals surface area (Å²) in [6.45, 7) is 3.67. The maximum atomic E-state index is 12.6. The van der Waals surface area contributed by atoms with Crippen molar-refractivity contribution >= 4 is 33.9 Å². The van der Waals surface area contributed by atoms with Gasteiger partial charge in [0.15, 0.2) is 0 Å². The van der Waals surface area contributed by atoms with Gasteiger partial charge < -0.3 is 5.32 Å². The molecule has 3 rings (SSSR count). The van der Waals surface area contributed by atoms with Crippen LogP contribution in [0.4, 0.5) is 5.00 Å². The van der Waals surface area contributed by atoms with E-state index in [1.165, 1.54) is 11.3 Å². The molecule has 0 spiro atoms. The first-order valence-corrected chi connectivity index (χ1v) is 9.14. The molecule has 1 fully saturated rings. The lowest BCUT2D eigenvalue weighted by molar-refractivity contribution is -0.117.